The van der Waals surface area contributed by atoms with Crippen LogP contribution in [0.2, 0.25) is 0 Å². The Bertz CT molecular complexity index is 944. The molecule has 0 spiro atoms. The van der Waals surface area contributed by atoms with E-state index in [1.807, 2.05) is 10.9 Å². The lowest BCUT2D eigenvalue weighted by atomic mass is 10.1. The average molecular weight is 305 g/mol. The van der Waals surface area contributed by atoms with Crippen molar-refractivity contribution in [3.8, 4) is 11.8 Å². The van der Waals surface area contributed by atoms with E-state index >= 15 is 0 Å². The third-order valence-electron chi connectivity index (χ3n) is 3.75. The van der Waals surface area contributed by atoms with Gasteiger partial charge in [-0.3, -0.25) is 4.68 Å². The summed E-state index contributed by atoms with van der Waals surface area (Å²) >= 11 is 0. The highest BCUT2D eigenvalue weighted by Gasteiger charge is 2.23. The molecule has 3 N–H and O–H groups in total. The van der Waals surface area contributed by atoms with Crippen LogP contribution in [0.25, 0.3) is 10.9 Å². The normalized spacial score (nSPS) is 13.6. The highest BCUT2D eigenvalue weighted by Crippen LogP contribution is 2.33. The fraction of sp³-hybridized carbons (Fsp3) is 0.250. The zero-order chi connectivity index (χ0) is 15.8. The van der Waals surface area contributed by atoms with Gasteiger partial charge in [0.1, 0.15) is 11.3 Å². The maximum absolute atomic E-state index is 5.76. The van der Waals surface area contributed by atoms with Crippen molar-refractivity contribution in [3.63, 3.8) is 0 Å². The lowest BCUT2D eigenvalue weighted by Gasteiger charge is -2.05. The fourth-order valence-electron chi connectivity index (χ4n) is 2.41. The molecule has 0 saturated heterocycles. The molecule has 0 amide bonds. The molecule has 7 nitrogen and oxygen atoms in total. The Morgan fingerprint density at radius 3 is 2.91 bits per heavy atom. The van der Waals surface area contributed by atoms with Gasteiger partial charge in [0.25, 0.3) is 0 Å². The summed E-state index contributed by atoms with van der Waals surface area (Å²) in [6, 6.07) is 2.32. The number of nitrogens with one attached hydrogen (secondary N) is 1. The zero-order valence-electron chi connectivity index (χ0n) is 12.6. The summed E-state index contributed by atoms with van der Waals surface area (Å²) in [5, 5.41) is 16.2. The van der Waals surface area contributed by atoms with Crippen molar-refractivity contribution in [2.24, 2.45) is 0 Å². The monoisotopic (exact) mass is 305 g/mol. The molecule has 4 rings (SSSR count). The van der Waals surface area contributed by atoms with Crippen LogP contribution in [-0.2, 0) is 0 Å². The number of pyridine rings is 1. The topological polar surface area (TPSA) is 94.5 Å². The number of hydrogen-bond donors (Lipinski definition) is 2. The first-order chi connectivity index (χ1) is 11.2. The Morgan fingerprint density at radius 2 is 2.13 bits per heavy atom. The summed E-state index contributed by atoms with van der Waals surface area (Å²) in [5.41, 5.74) is 8.06. The molecule has 1 aliphatic rings. The second-order valence-corrected chi connectivity index (χ2v) is 5.49. The molecule has 0 aliphatic heterocycles. The number of fused-ring (bicyclic) bond motifs is 1. The molecule has 1 saturated carbocycles. The Kier molecular flexibility index (Phi) is 3.08. The molecule has 3 heterocycles. The van der Waals surface area contributed by atoms with Crippen molar-refractivity contribution in [2.75, 3.05) is 18.1 Å². The van der Waals surface area contributed by atoms with Gasteiger partial charge < -0.3 is 11.1 Å². The first kappa shape index (κ1) is 13.5. The molecular weight excluding hydrogens is 290 g/mol. The van der Waals surface area contributed by atoms with E-state index in [-0.39, 0.29) is 0 Å². The van der Waals surface area contributed by atoms with Crippen LogP contribution in [0.4, 0.5) is 11.6 Å². The molecule has 0 aromatic carbocycles. The van der Waals surface area contributed by atoms with E-state index in [4.69, 9.17) is 5.73 Å². The standard InChI is InChI=1S/C16H15N7/c1-18-16-15-13(6-14(17)21-22-15)11(8-19-16)3-2-10-7-20-23(9-10)12-4-5-12/h6-9,12H,4-5H2,1H3,(H2,17,21)(H,18,19). The van der Waals surface area contributed by atoms with Gasteiger partial charge >= 0.3 is 0 Å². The maximum atomic E-state index is 5.76. The first-order valence-electron chi connectivity index (χ1n) is 7.40. The molecule has 1 fully saturated rings. The zero-order valence-corrected chi connectivity index (χ0v) is 12.6. The molecule has 0 bridgehead atoms. The van der Waals surface area contributed by atoms with Crippen molar-refractivity contribution < 1.29 is 0 Å². The van der Waals surface area contributed by atoms with Crippen LogP contribution in [0.3, 0.4) is 0 Å². The SMILES string of the molecule is CNc1ncc(C#Cc2cnn(C3CC3)c2)c2cc(N)nnc12. The second-order valence-electron chi connectivity index (χ2n) is 5.49. The number of anilines is 2. The highest BCUT2D eigenvalue weighted by atomic mass is 15.3. The third-order valence-corrected chi connectivity index (χ3v) is 3.75. The van der Waals surface area contributed by atoms with Gasteiger partial charge in [-0.25, -0.2) is 4.98 Å². The smallest absolute Gasteiger partial charge is 0.154 e. The number of nitrogen functional groups attached to an aromatic ring is 1. The van der Waals surface area contributed by atoms with Crippen LogP contribution in [0.15, 0.2) is 24.7 Å². The number of aromatic nitrogens is 5. The van der Waals surface area contributed by atoms with E-state index < -0.39 is 0 Å². The van der Waals surface area contributed by atoms with Crippen LogP contribution in [-0.4, -0.2) is 32.0 Å². The van der Waals surface area contributed by atoms with Crippen molar-refractivity contribution >= 4 is 22.5 Å². The van der Waals surface area contributed by atoms with Crippen LogP contribution in [0, 0.1) is 11.8 Å². The van der Waals surface area contributed by atoms with Crippen molar-refractivity contribution in [3.05, 3.63) is 35.8 Å². The summed E-state index contributed by atoms with van der Waals surface area (Å²) in [4.78, 5) is 4.33. The number of nitrogens with two attached hydrogens (primary N) is 1. The highest BCUT2D eigenvalue weighted by molar-refractivity contribution is 5.93. The summed E-state index contributed by atoms with van der Waals surface area (Å²) < 4.78 is 1.98. The second kappa shape index (κ2) is 5.25. The first-order valence-corrected chi connectivity index (χ1v) is 7.40. The predicted octanol–water partition coefficient (Wildman–Crippen LogP) is 1.58. The fourth-order valence-corrected chi connectivity index (χ4v) is 2.41. The summed E-state index contributed by atoms with van der Waals surface area (Å²) in [5.74, 6) is 7.28. The molecular formula is C16H15N7. The summed E-state index contributed by atoms with van der Waals surface area (Å²) in [6.07, 6.45) is 7.89. The van der Waals surface area contributed by atoms with Crippen LogP contribution in [0.1, 0.15) is 30.0 Å². The molecule has 114 valence electrons. The van der Waals surface area contributed by atoms with Crippen LogP contribution >= 0.6 is 0 Å². The minimum absolute atomic E-state index is 0.357. The molecule has 3 aromatic rings. The lowest BCUT2D eigenvalue weighted by Crippen LogP contribution is -2.00. The molecule has 7 heteroatoms. The molecule has 1 aliphatic carbocycles. The molecule has 0 unspecified atom stereocenters. The summed E-state index contributed by atoms with van der Waals surface area (Å²) in [7, 11) is 1.79. The largest absolute Gasteiger partial charge is 0.382 e. The Balaban J connectivity index is 1.76. The van der Waals surface area contributed by atoms with E-state index in [2.05, 4.69) is 37.4 Å². The number of rotatable bonds is 2. The Hall–Kier alpha value is -3.14. The molecule has 23 heavy (non-hydrogen) atoms. The number of hydrogen-bond acceptors (Lipinski definition) is 6. The van der Waals surface area contributed by atoms with Gasteiger partial charge in [-0.05, 0) is 18.9 Å². The Labute approximate surface area is 132 Å². The summed E-state index contributed by atoms with van der Waals surface area (Å²) in [6.45, 7) is 0. The maximum Gasteiger partial charge on any atom is 0.154 e. The van der Waals surface area contributed by atoms with E-state index in [0.717, 1.165) is 16.5 Å². The molecule has 0 radical (unpaired) electrons. The minimum atomic E-state index is 0.357. The van der Waals surface area contributed by atoms with Gasteiger partial charge in [-0.2, -0.15) is 5.10 Å². The van der Waals surface area contributed by atoms with Gasteiger partial charge in [-0.15, -0.1) is 10.2 Å². The van der Waals surface area contributed by atoms with Crippen LogP contribution in [0.5, 0.6) is 0 Å². The van der Waals surface area contributed by atoms with Gasteiger partial charge in [0.05, 0.1) is 23.4 Å². The van der Waals surface area contributed by atoms with Gasteiger partial charge in [0.2, 0.25) is 0 Å². The van der Waals surface area contributed by atoms with Crippen LogP contribution < -0.4 is 11.1 Å². The van der Waals surface area contributed by atoms with Gasteiger partial charge in [0, 0.05) is 24.8 Å². The molecule has 3 aromatic heterocycles. The predicted molar refractivity (Wildman–Crippen MR) is 87.8 cm³/mol. The average Bonchev–Trinajstić information content (AvgIpc) is 3.31. The third kappa shape index (κ3) is 2.55. The van der Waals surface area contributed by atoms with E-state index in [0.29, 0.717) is 23.2 Å². The van der Waals surface area contributed by atoms with Crippen molar-refractivity contribution in [1.29, 1.82) is 0 Å². The minimum Gasteiger partial charge on any atom is -0.382 e. The van der Waals surface area contributed by atoms with E-state index in [1.165, 1.54) is 12.8 Å². The van der Waals surface area contributed by atoms with Gasteiger partial charge in [-0.1, -0.05) is 11.8 Å². The van der Waals surface area contributed by atoms with E-state index in [1.54, 1.807) is 25.5 Å². The number of nitrogens with zero attached hydrogens (tertiary/aromatic N) is 5. The van der Waals surface area contributed by atoms with E-state index in [9.17, 15) is 0 Å². The van der Waals surface area contributed by atoms with Crippen molar-refractivity contribution in [1.82, 2.24) is 25.0 Å². The van der Waals surface area contributed by atoms with Gasteiger partial charge in [0.15, 0.2) is 5.82 Å². The molecule has 0 atom stereocenters. The quantitative estimate of drug-likeness (QED) is 0.698. The lowest BCUT2D eigenvalue weighted by molar-refractivity contribution is 0.641. The van der Waals surface area contributed by atoms with Crippen molar-refractivity contribution in [2.45, 2.75) is 18.9 Å². The Morgan fingerprint density at radius 1 is 1.26 bits per heavy atom.